The van der Waals surface area contributed by atoms with E-state index in [1.807, 2.05) is 0 Å². The van der Waals surface area contributed by atoms with Crippen LogP contribution in [-0.2, 0) is 28.9 Å². The van der Waals surface area contributed by atoms with Crippen LogP contribution in [0.25, 0.3) is 10.2 Å². The summed E-state index contributed by atoms with van der Waals surface area (Å²) in [7, 11) is 0. The second kappa shape index (κ2) is 6.25. The molecule has 0 bridgehead atoms. The minimum Gasteiger partial charge on any atom is -0.378 e. The Balaban J connectivity index is 1.66. The lowest BCUT2D eigenvalue weighted by Crippen LogP contribution is -2.43. The van der Waals surface area contributed by atoms with Crippen molar-refractivity contribution in [3.63, 3.8) is 0 Å². The molecule has 1 fully saturated rings. The van der Waals surface area contributed by atoms with E-state index in [9.17, 15) is 9.59 Å². The summed E-state index contributed by atoms with van der Waals surface area (Å²) in [6.45, 7) is 4.40. The van der Waals surface area contributed by atoms with Crippen molar-refractivity contribution < 1.29 is 9.53 Å². The summed E-state index contributed by atoms with van der Waals surface area (Å²) in [5.41, 5.74) is 0.939. The molecule has 24 heavy (non-hydrogen) atoms. The van der Waals surface area contributed by atoms with Crippen molar-refractivity contribution in [2.75, 3.05) is 26.3 Å². The van der Waals surface area contributed by atoms with Gasteiger partial charge in [0.05, 0.1) is 18.6 Å². The van der Waals surface area contributed by atoms with Crippen LogP contribution in [0.3, 0.4) is 0 Å². The van der Waals surface area contributed by atoms with Gasteiger partial charge in [0.15, 0.2) is 4.83 Å². The van der Waals surface area contributed by atoms with Gasteiger partial charge in [-0.15, -0.1) is 16.4 Å². The molecule has 0 saturated carbocycles. The number of hydrogen-bond donors (Lipinski definition) is 0. The quantitative estimate of drug-likeness (QED) is 0.804. The van der Waals surface area contributed by atoms with E-state index >= 15 is 0 Å². The Bertz CT molecular complexity index is 838. The van der Waals surface area contributed by atoms with Crippen LogP contribution < -0.4 is 5.56 Å². The zero-order chi connectivity index (χ0) is 16.7. The number of nitrogens with zero attached hydrogens (tertiary/aromatic N) is 4. The molecule has 1 saturated heterocycles. The van der Waals surface area contributed by atoms with Crippen molar-refractivity contribution in [2.24, 2.45) is 5.92 Å². The summed E-state index contributed by atoms with van der Waals surface area (Å²) in [4.78, 5) is 28.9. The molecule has 128 valence electrons. The van der Waals surface area contributed by atoms with E-state index in [2.05, 4.69) is 17.2 Å². The first kappa shape index (κ1) is 15.7. The molecular formula is C16H20N4O3S. The van der Waals surface area contributed by atoms with Crippen LogP contribution in [-0.4, -0.2) is 52.1 Å². The predicted octanol–water partition coefficient (Wildman–Crippen LogP) is 0.837. The lowest BCUT2D eigenvalue weighted by atomic mass is 9.89. The third-order valence-electron chi connectivity index (χ3n) is 4.83. The Morgan fingerprint density at radius 2 is 2.17 bits per heavy atom. The molecule has 1 atom stereocenters. The first-order chi connectivity index (χ1) is 11.6. The maximum atomic E-state index is 12.8. The summed E-state index contributed by atoms with van der Waals surface area (Å²) < 4.78 is 6.47. The molecule has 0 unspecified atom stereocenters. The molecule has 1 aliphatic heterocycles. The van der Waals surface area contributed by atoms with Crippen molar-refractivity contribution >= 4 is 27.5 Å². The van der Waals surface area contributed by atoms with Crippen molar-refractivity contribution in [3.8, 4) is 0 Å². The van der Waals surface area contributed by atoms with Gasteiger partial charge in [-0.3, -0.25) is 9.59 Å². The first-order valence-corrected chi connectivity index (χ1v) is 9.18. The lowest BCUT2D eigenvalue weighted by molar-refractivity contribution is -0.136. The molecule has 3 heterocycles. The fourth-order valence-corrected chi connectivity index (χ4v) is 4.75. The van der Waals surface area contributed by atoms with E-state index in [4.69, 9.17) is 4.74 Å². The molecule has 2 aromatic rings. The SMILES string of the molecule is C[C@H]1CCc2c(sc3nnn(CC(=O)N4CCOCC4)c(=O)c23)C1. The summed E-state index contributed by atoms with van der Waals surface area (Å²) in [6.07, 6.45) is 3.00. The normalized spacial score (nSPS) is 21.0. The summed E-state index contributed by atoms with van der Waals surface area (Å²) in [5.74, 6) is 0.537. The van der Waals surface area contributed by atoms with Gasteiger partial charge in [-0.05, 0) is 30.7 Å². The maximum absolute atomic E-state index is 12.8. The summed E-state index contributed by atoms with van der Waals surface area (Å²) in [5, 5.41) is 8.87. The molecule has 0 radical (unpaired) electrons. The Kier molecular flexibility index (Phi) is 4.09. The van der Waals surface area contributed by atoms with Gasteiger partial charge in [-0.25, -0.2) is 4.68 Å². The molecule has 1 amide bonds. The van der Waals surface area contributed by atoms with E-state index in [0.29, 0.717) is 42.4 Å². The van der Waals surface area contributed by atoms with E-state index in [-0.39, 0.29) is 18.0 Å². The number of aryl methyl sites for hydroxylation is 1. The van der Waals surface area contributed by atoms with Crippen molar-refractivity contribution in [3.05, 3.63) is 20.8 Å². The predicted molar refractivity (Wildman–Crippen MR) is 90.3 cm³/mol. The molecule has 0 aromatic carbocycles. The number of carbonyl (C=O) groups excluding carboxylic acids is 1. The summed E-state index contributed by atoms with van der Waals surface area (Å²) >= 11 is 1.57. The second-order valence-corrected chi connectivity index (χ2v) is 7.66. The van der Waals surface area contributed by atoms with E-state index in [0.717, 1.165) is 24.8 Å². The van der Waals surface area contributed by atoms with Gasteiger partial charge in [0.2, 0.25) is 5.91 Å². The molecule has 2 aliphatic rings. The Labute approximate surface area is 143 Å². The average molecular weight is 348 g/mol. The van der Waals surface area contributed by atoms with E-state index in [1.165, 1.54) is 9.56 Å². The highest BCUT2D eigenvalue weighted by Gasteiger charge is 2.25. The van der Waals surface area contributed by atoms with Crippen LogP contribution in [0.15, 0.2) is 4.79 Å². The zero-order valence-corrected chi connectivity index (χ0v) is 14.5. The van der Waals surface area contributed by atoms with Crippen LogP contribution in [0.1, 0.15) is 23.8 Å². The molecule has 0 spiro atoms. The van der Waals surface area contributed by atoms with E-state index < -0.39 is 0 Å². The van der Waals surface area contributed by atoms with Gasteiger partial charge in [-0.2, -0.15) is 0 Å². The van der Waals surface area contributed by atoms with Gasteiger partial charge in [0.1, 0.15) is 6.54 Å². The largest absolute Gasteiger partial charge is 0.378 e. The number of carbonyl (C=O) groups is 1. The average Bonchev–Trinajstić information content (AvgIpc) is 2.96. The van der Waals surface area contributed by atoms with Gasteiger partial charge >= 0.3 is 0 Å². The number of thiophene rings is 1. The minimum atomic E-state index is -0.186. The third kappa shape index (κ3) is 2.73. The molecule has 2 aromatic heterocycles. The molecule has 8 heteroatoms. The number of hydrogen-bond acceptors (Lipinski definition) is 6. The van der Waals surface area contributed by atoms with Crippen molar-refractivity contribution in [1.82, 2.24) is 19.9 Å². The fourth-order valence-electron chi connectivity index (χ4n) is 3.44. The van der Waals surface area contributed by atoms with Gasteiger partial charge < -0.3 is 9.64 Å². The molecule has 7 nitrogen and oxygen atoms in total. The van der Waals surface area contributed by atoms with Gasteiger partial charge in [0, 0.05) is 18.0 Å². The van der Waals surface area contributed by atoms with Crippen LogP contribution in [0, 0.1) is 5.92 Å². The number of aromatic nitrogens is 3. The van der Waals surface area contributed by atoms with Crippen LogP contribution >= 0.6 is 11.3 Å². The van der Waals surface area contributed by atoms with Gasteiger partial charge in [-0.1, -0.05) is 12.1 Å². The highest BCUT2D eigenvalue weighted by molar-refractivity contribution is 7.18. The summed E-state index contributed by atoms with van der Waals surface area (Å²) in [6, 6.07) is 0. The number of amides is 1. The topological polar surface area (TPSA) is 77.3 Å². The zero-order valence-electron chi connectivity index (χ0n) is 13.7. The molecule has 4 rings (SSSR count). The number of fused-ring (bicyclic) bond motifs is 3. The smallest absolute Gasteiger partial charge is 0.279 e. The second-order valence-electron chi connectivity index (χ2n) is 6.58. The Morgan fingerprint density at radius 3 is 2.96 bits per heavy atom. The monoisotopic (exact) mass is 348 g/mol. The molecule has 0 N–H and O–H groups in total. The highest BCUT2D eigenvalue weighted by Crippen LogP contribution is 2.35. The number of ether oxygens (including phenoxy) is 1. The lowest BCUT2D eigenvalue weighted by Gasteiger charge is -2.26. The number of rotatable bonds is 2. The minimum absolute atomic E-state index is 0.0528. The van der Waals surface area contributed by atoms with Crippen LogP contribution in [0.5, 0.6) is 0 Å². The van der Waals surface area contributed by atoms with Gasteiger partial charge in [0.25, 0.3) is 5.56 Å². The molecular weight excluding hydrogens is 328 g/mol. The number of morpholine rings is 1. The first-order valence-electron chi connectivity index (χ1n) is 8.37. The maximum Gasteiger partial charge on any atom is 0.279 e. The highest BCUT2D eigenvalue weighted by atomic mass is 32.1. The molecule has 1 aliphatic carbocycles. The fraction of sp³-hybridized carbons (Fsp3) is 0.625. The Hall–Kier alpha value is -1.80. The van der Waals surface area contributed by atoms with Crippen LogP contribution in [0.2, 0.25) is 0 Å². The standard InChI is InChI=1S/C16H20N4O3S/c1-10-2-3-11-12(8-10)24-15-14(11)16(22)20(18-17-15)9-13(21)19-4-6-23-7-5-19/h10H,2-9H2,1H3/t10-/m0/s1. The third-order valence-corrected chi connectivity index (χ3v) is 5.97. The Morgan fingerprint density at radius 1 is 1.38 bits per heavy atom. The van der Waals surface area contributed by atoms with E-state index in [1.54, 1.807) is 16.2 Å². The van der Waals surface area contributed by atoms with Crippen molar-refractivity contribution in [1.29, 1.82) is 0 Å². The van der Waals surface area contributed by atoms with Crippen molar-refractivity contribution in [2.45, 2.75) is 32.7 Å². The van der Waals surface area contributed by atoms with Crippen LogP contribution in [0.4, 0.5) is 0 Å².